The van der Waals surface area contributed by atoms with Crippen molar-refractivity contribution in [1.29, 1.82) is 5.26 Å². The zero-order chi connectivity index (χ0) is 13.0. The Kier molecular flexibility index (Phi) is 4.35. The average Bonchev–Trinajstić information content (AvgIpc) is 2.39. The quantitative estimate of drug-likeness (QED) is 0.886. The van der Waals surface area contributed by atoms with Gasteiger partial charge < -0.3 is 5.11 Å². The van der Waals surface area contributed by atoms with Crippen molar-refractivity contribution in [3.05, 3.63) is 35.4 Å². The van der Waals surface area contributed by atoms with Gasteiger partial charge >= 0.3 is 0 Å². The van der Waals surface area contributed by atoms with Crippen molar-refractivity contribution in [2.75, 3.05) is 13.1 Å². The lowest BCUT2D eigenvalue weighted by molar-refractivity contribution is 0.0695. The molecule has 0 spiro atoms. The number of nitriles is 1. The molecule has 3 nitrogen and oxygen atoms in total. The third-order valence-electron chi connectivity index (χ3n) is 3.78. The maximum Gasteiger partial charge on any atom is 0.0991 e. The van der Waals surface area contributed by atoms with Crippen molar-refractivity contribution in [2.45, 2.75) is 32.4 Å². The molecular formula is C15H20N2O. The van der Waals surface area contributed by atoms with Crippen molar-refractivity contribution in [2.24, 2.45) is 5.92 Å². The van der Waals surface area contributed by atoms with E-state index in [9.17, 15) is 5.11 Å². The molecule has 0 saturated carbocycles. The van der Waals surface area contributed by atoms with E-state index in [4.69, 9.17) is 5.26 Å². The number of nitrogens with zero attached hydrogens (tertiary/aromatic N) is 2. The van der Waals surface area contributed by atoms with Crippen LogP contribution < -0.4 is 0 Å². The fraction of sp³-hybridized carbons (Fsp3) is 0.533. The first-order chi connectivity index (χ1) is 8.69. The van der Waals surface area contributed by atoms with E-state index in [2.05, 4.69) is 17.0 Å². The molecule has 0 aliphatic carbocycles. The molecule has 1 fully saturated rings. The highest BCUT2D eigenvalue weighted by Crippen LogP contribution is 2.21. The van der Waals surface area contributed by atoms with Gasteiger partial charge in [0.05, 0.1) is 17.7 Å². The van der Waals surface area contributed by atoms with Crippen molar-refractivity contribution in [1.82, 2.24) is 4.90 Å². The summed E-state index contributed by atoms with van der Waals surface area (Å²) < 4.78 is 0. The Morgan fingerprint density at radius 3 is 2.78 bits per heavy atom. The first-order valence-electron chi connectivity index (χ1n) is 6.58. The lowest BCUT2D eigenvalue weighted by Gasteiger charge is -2.33. The monoisotopic (exact) mass is 244 g/mol. The number of likely N-dealkylation sites (tertiary alicyclic amines) is 1. The normalized spacial score (nSPS) is 19.4. The van der Waals surface area contributed by atoms with Gasteiger partial charge in [-0.15, -0.1) is 0 Å². The van der Waals surface area contributed by atoms with Gasteiger partial charge in [-0.1, -0.05) is 12.1 Å². The second kappa shape index (κ2) is 5.99. The van der Waals surface area contributed by atoms with Crippen molar-refractivity contribution in [3.8, 4) is 6.07 Å². The van der Waals surface area contributed by atoms with E-state index in [1.165, 1.54) is 5.56 Å². The van der Waals surface area contributed by atoms with E-state index in [1.807, 2.05) is 25.1 Å². The molecule has 96 valence electrons. The molecule has 1 aliphatic heterocycles. The van der Waals surface area contributed by atoms with E-state index < -0.39 is 0 Å². The Bertz CT molecular complexity index is 428. The molecule has 0 amide bonds. The lowest BCUT2D eigenvalue weighted by Crippen LogP contribution is -2.36. The van der Waals surface area contributed by atoms with E-state index in [0.29, 0.717) is 5.92 Å². The molecule has 1 heterocycles. The Morgan fingerprint density at radius 1 is 1.44 bits per heavy atom. The number of piperidine rings is 1. The minimum Gasteiger partial charge on any atom is -0.393 e. The third kappa shape index (κ3) is 3.32. The first-order valence-corrected chi connectivity index (χ1v) is 6.58. The van der Waals surface area contributed by atoms with Gasteiger partial charge in [0.2, 0.25) is 0 Å². The van der Waals surface area contributed by atoms with Crippen molar-refractivity contribution >= 4 is 0 Å². The van der Waals surface area contributed by atoms with Gasteiger partial charge in [0.25, 0.3) is 0 Å². The minimum atomic E-state index is -0.186. The summed E-state index contributed by atoms with van der Waals surface area (Å²) in [6.45, 7) is 4.86. The Balaban J connectivity index is 1.90. The fourth-order valence-electron chi connectivity index (χ4n) is 2.59. The zero-order valence-electron chi connectivity index (χ0n) is 10.8. The van der Waals surface area contributed by atoms with Crippen LogP contribution in [-0.2, 0) is 6.54 Å². The molecule has 0 aromatic heterocycles. The number of rotatable bonds is 3. The smallest absolute Gasteiger partial charge is 0.0991 e. The van der Waals surface area contributed by atoms with Crippen molar-refractivity contribution in [3.63, 3.8) is 0 Å². The minimum absolute atomic E-state index is 0.186. The van der Waals surface area contributed by atoms with Gasteiger partial charge in [-0.3, -0.25) is 4.90 Å². The van der Waals surface area contributed by atoms with Crippen LogP contribution in [0.3, 0.4) is 0 Å². The van der Waals surface area contributed by atoms with E-state index >= 15 is 0 Å². The van der Waals surface area contributed by atoms with Crippen LogP contribution in [0.5, 0.6) is 0 Å². The number of benzene rings is 1. The summed E-state index contributed by atoms with van der Waals surface area (Å²) in [5.74, 6) is 0.451. The average molecular weight is 244 g/mol. The van der Waals surface area contributed by atoms with Gasteiger partial charge in [0, 0.05) is 6.54 Å². The van der Waals surface area contributed by atoms with Gasteiger partial charge in [-0.25, -0.2) is 0 Å². The molecule has 1 saturated heterocycles. The summed E-state index contributed by atoms with van der Waals surface area (Å²) in [5, 5.41) is 18.4. The van der Waals surface area contributed by atoms with Crippen LogP contribution in [0.25, 0.3) is 0 Å². The highest BCUT2D eigenvalue weighted by atomic mass is 16.3. The predicted molar refractivity (Wildman–Crippen MR) is 70.8 cm³/mol. The zero-order valence-corrected chi connectivity index (χ0v) is 10.8. The molecule has 1 aliphatic rings. The summed E-state index contributed by atoms with van der Waals surface area (Å²) in [4.78, 5) is 2.40. The van der Waals surface area contributed by atoms with Crippen LogP contribution >= 0.6 is 0 Å². The first kappa shape index (κ1) is 13.1. The molecule has 1 aromatic rings. The molecule has 1 atom stereocenters. The van der Waals surface area contributed by atoms with Gasteiger partial charge in [-0.2, -0.15) is 5.26 Å². The Morgan fingerprint density at radius 2 is 2.17 bits per heavy atom. The molecule has 3 heteroatoms. The van der Waals surface area contributed by atoms with Crippen molar-refractivity contribution < 1.29 is 5.11 Å². The van der Waals surface area contributed by atoms with Gasteiger partial charge in [0.15, 0.2) is 0 Å². The molecule has 2 rings (SSSR count). The van der Waals surface area contributed by atoms with E-state index in [1.54, 1.807) is 0 Å². The number of hydrogen-bond donors (Lipinski definition) is 1. The van der Waals surface area contributed by atoms with Gasteiger partial charge in [-0.05, 0) is 56.5 Å². The maximum absolute atomic E-state index is 9.57. The summed E-state index contributed by atoms with van der Waals surface area (Å²) >= 11 is 0. The topological polar surface area (TPSA) is 47.3 Å². The molecule has 0 radical (unpaired) electrons. The van der Waals surface area contributed by atoms with Crippen LogP contribution in [0.1, 0.15) is 30.9 Å². The lowest BCUT2D eigenvalue weighted by atomic mass is 9.92. The van der Waals surface area contributed by atoms with Crippen LogP contribution in [0.15, 0.2) is 24.3 Å². The van der Waals surface area contributed by atoms with E-state index in [0.717, 1.165) is 38.0 Å². The maximum atomic E-state index is 9.57. The third-order valence-corrected chi connectivity index (χ3v) is 3.78. The van der Waals surface area contributed by atoms with Crippen LogP contribution in [-0.4, -0.2) is 29.2 Å². The molecule has 1 aromatic carbocycles. The second-order valence-corrected chi connectivity index (χ2v) is 5.17. The molecule has 0 bridgehead atoms. The number of aliphatic hydroxyl groups is 1. The largest absolute Gasteiger partial charge is 0.393 e. The number of hydrogen-bond acceptors (Lipinski definition) is 3. The SMILES string of the molecule is C[C@H](O)C1CCN(Cc2cccc(C#N)c2)CC1. The summed E-state index contributed by atoms with van der Waals surface area (Å²) in [6, 6.07) is 9.98. The second-order valence-electron chi connectivity index (χ2n) is 5.17. The highest BCUT2D eigenvalue weighted by Gasteiger charge is 2.22. The molecular weight excluding hydrogens is 224 g/mol. The Labute approximate surface area is 109 Å². The van der Waals surface area contributed by atoms with Gasteiger partial charge in [0.1, 0.15) is 0 Å². The molecule has 1 N–H and O–H groups in total. The predicted octanol–water partition coefficient (Wildman–Crippen LogP) is 2.15. The highest BCUT2D eigenvalue weighted by molar-refractivity contribution is 5.32. The molecule has 18 heavy (non-hydrogen) atoms. The number of aliphatic hydroxyl groups excluding tert-OH is 1. The van der Waals surface area contributed by atoms with Crippen LogP contribution in [0, 0.1) is 17.2 Å². The summed E-state index contributed by atoms with van der Waals surface area (Å²) in [7, 11) is 0. The summed E-state index contributed by atoms with van der Waals surface area (Å²) in [6.07, 6.45) is 1.94. The van der Waals surface area contributed by atoms with E-state index in [-0.39, 0.29) is 6.10 Å². The Hall–Kier alpha value is -1.37. The van der Waals surface area contributed by atoms with Crippen LogP contribution in [0.4, 0.5) is 0 Å². The molecule has 0 unspecified atom stereocenters. The fourth-order valence-corrected chi connectivity index (χ4v) is 2.59. The standard InChI is InChI=1S/C15H20N2O/c1-12(18)15-5-7-17(8-6-15)11-14-4-2-3-13(9-14)10-16/h2-4,9,12,15,18H,5-8,11H2,1H3/t12-/m0/s1. The van der Waals surface area contributed by atoms with Crippen LogP contribution in [0.2, 0.25) is 0 Å². The summed E-state index contributed by atoms with van der Waals surface area (Å²) in [5.41, 5.74) is 1.93.